The molecule has 1 saturated heterocycles. The van der Waals surface area contributed by atoms with Gasteiger partial charge in [0.1, 0.15) is 5.75 Å². The molecule has 0 aromatic heterocycles. The van der Waals surface area contributed by atoms with Crippen molar-refractivity contribution >= 4 is 0 Å². The van der Waals surface area contributed by atoms with Crippen molar-refractivity contribution in [2.24, 2.45) is 5.92 Å². The molecule has 100 valence electrons. The topological polar surface area (TPSA) is 21.3 Å². The van der Waals surface area contributed by atoms with E-state index < -0.39 is 0 Å². The van der Waals surface area contributed by atoms with Gasteiger partial charge in [-0.1, -0.05) is 26.0 Å². The standard InChI is InChI=1S/C16H25NO/c1-12(2)16(10-5-11-17-16)14-6-8-15(9-7-14)18-13(3)4/h6-9,12-13,17H,5,10-11H2,1-4H3. The minimum atomic E-state index is 0.163. The molecular weight excluding hydrogens is 222 g/mol. The zero-order valence-electron chi connectivity index (χ0n) is 12.0. The van der Waals surface area contributed by atoms with Gasteiger partial charge in [-0.15, -0.1) is 0 Å². The van der Waals surface area contributed by atoms with E-state index >= 15 is 0 Å². The molecule has 0 saturated carbocycles. The van der Waals surface area contributed by atoms with E-state index in [0.717, 1.165) is 12.3 Å². The van der Waals surface area contributed by atoms with Crippen LogP contribution in [-0.2, 0) is 5.54 Å². The van der Waals surface area contributed by atoms with Gasteiger partial charge in [-0.25, -0.2) is 0 Å². The lowest BCUT2D eigenvalue weighted by Gasteiger charge is -2.34. The molecule has 1 aliphatic heterocycles. The Morgan fingerprint density at radius 1 is 1.11 bits per heavy atom. The van der Waals surface area contributed by atoms with Crippen molar-refractivity contribution in [3.8, 4) is 5.75 Å². The van der Waals surface area contributed by atoms with E-state index in [2.05, 4.69) is 57.3 Å². The van der Waals surface area contributed by atoms with Crippen molar-refractivity contribution in [3.63, 3.8) is 0 Å². The maximum absolute atomic E-state index is 5.70. The molecule has 0 bridgehead atoms. The van der Waals surface area contributed by atoms with Crippen molar-refractivity contribution in [2.45, 2.75) is 52.2 Å². The summed E-state index contributed by atoms with van der Waals surface area (Å²) in [4.78, 5) is 0. The monoisotopic (exact) mass is 247 g/mol. The Bertz CT molecular complexity index is 375. The molecule has 2 rings (SSSR count). The molecule has 1 aromatic carbocycles. The second kappa shape index (κ2) is 5.31. The van der Waals surface area contributed by atoms with Crippen molar-refractivity contribution in [1.29, 1.82) is 0 Å². The first-order chi connectivity index (χ1) is 8.54. The second-order valence-electron chi connectivity index (χ2n) is 5.85. The number of benzene rings is 1. The van der Waals surface area contributed by atoms with E-state index in [-0.39, 0.29) is 11.6 Å². The van der Waals surface area contributed by atoms with Crippen LogP contribution in [0.5, 0.6) is 5.75 Å². The summed E-state index contributed by atoms with van der Waals surface area (Å²) in [6, 6.07) is 8.63. The Morgan fingerprint density at radius 2 is 1.78 bits per heavy atom. The lowest BCUT2D eigenvalue weighted by molar-refractivity contribution is 0.241. The highest BCUT2D eigenvalue weighted by atomic mass is 16.5. The highest BCUT2D eigenvalue weighted by Gasteiger charge is 2.37. The Labute approximate surface area is 111 Å². The van der Waals surface area contributed by atoms with Crippen LogP contribution >= 0.6 is 0 Å². The summed E-state index contributed by atoms with van der Waals surface area (Å²) in [5.41, 5.74) is 1.56. The zero-order chi connectivity index (χ0) is 13.2. The van der Waals surface area contributed by atoms with E-state index in [4.69, 9.17) is 4.74 Å². The van der Waals surface area contributed by atoms with E-state index in [0.29, 0.717) is 5.92 Å². The first kappa shape index (κ1) is 13.4. The number of hydrogen-bond donors (Lipinski definition) is 1. The number of rotatable bonds is 4. The zero-order valence-corrected chi connectivity index (χ0v) is 12.0. The van der Waals surface area contributed by atoms with Gasteiger partial charge in [-0.2, -0.15) is 0 Å². The van der Waals surface area contributed by atoms with Crippen molar-refractivity contribution in [2.75, 3.05) is 6.54 Å². The van der Waals surface area contributed by atoms with Crippen LogP contribution in [0.1, 0.15) is 46.1 Å². The Hall–Kier alpha value is -1.02. The second-order valence-corrected chi connectivity index (χ2v) is 5.85. The lowest BCUT2D eigenvalue weighted by Crippen LogP contribution is -2.41. The first-order valence-corrected chi connectivity index (χ1v) is 7.07. The summed E-state index contributed by atoms with van der Waals surface area (Å²) in [6.07, 6.45) is 2.73. The first-order valence-electron chi connectivity index (χ1n) is 7.07. The predicted molar refractivity (Wildman–Crippen MR) is 76.0 cm³/mol. The number of hydrogen-bond acceptors (Lipinski definition) is 2. The average molecular weight is 247 g/mol. The van der Waals surface area contributed by atoms with Gasteiger partial charge in [0.05, 0.1) is 6.10 Å². The van der Waals surface area contributed by atoms with E-state index in [1.165, 1.54) is 18.4 Å². The fourth-order valence-electron chi connectivity index (χ4n) is 2.94. The minimum Gasteiger partial charge on any atom is -0.491 e. The van der Waals surface area contributed by atoms with Gasteiger partial charge in [0, 0.05) is 5.54 Å². The van der Waals surface area contributed by atoms with Gasteiger partial charge in [0.2, 0.25) is 0 Å². The molecule has 2 heteroatoms. The van der Waals surface area contributed by atoms with Crippen LogP contribution in [0.4, 0.5) is 0 Å². The highest BCUT2D eigenvalue weighted by Crippen LogP contribution is 2.38. The average Bonchev–Trinajstić information content (AvgIpc) is 2.79. The lowest BCUT2D eigenvalue weighted by atomic mass is 9.79. The minimum absolute atomic E-state index is 0.163. The highest BCUT2D eigenvalue weighted by molar-refractivity contribution is 5.33. The predicted octanol–water partition coefficient (Wildman–Crippen LogP) is 3.71. The van der Waals surface area contributed by atoms with Crippen molar-refractivity contribution in [3.05, 3.63) is 29.8 Å². The molecule has 0 amide bonds. The fourth-order valence-corrected chi connectivity index (χ4v) is 2.94. The molecule has 18 heavy (non-hydrogen) atoms. The van der Waals surface area contributed by atoms with Gasteiger partial charge in [-0.3, -0.25) is 0 Å². The molecule has 1 N–H and O–H groups in total. The summed E-state index contributed by atoms with van der Waals surface area (Å²) < 4.78 is 5.70. The third-order valence-electron chi connectivity index (χ3n) is 3.92. The van der Waals surface area contributed by atoms with Crippen LogP contribution in [0.25, 0.3) is 0 Å². The Morgan fingerprint density at radius 3 is 2.22 bits per heavy atom. The molecule has 0 aliphatic carbocycles. The van der Waals surface area contributed by atoms with Gasteiger partial charge in [0.15, 0.2) is 0 Å². The molecule has 0 spiro atoms. The van der Waals surface area contributed by atoms with Crippen LogP contribution in [0.2, 0.25) is 0 Å². The molecule has 2 nitrogen and oxygen atoms in total. The van der Waals surface area contributed by atoms with Crippen LogP contribution in [0.15, 0.2) is 24.3 Å². The summed E-state index contributed by atoms with van der Waals surface area (Å²) in [5.74, 6) is 1.57. The summed E-state index contributed by atoms with van der Waals surface area (Å²) in [7, 11) is 0. The normalized spacial score (nSPS) is 23.9. The third kappa shape index (κ3) is 2.54. The quantitative estimate of drug-likeness (QED) is 0.875. The van der Waals surface area contributed by atoms with Crippen LogP contribution < -0.4 is 10.1 Å². The molecular formula is C16H25NO. The van der Waals surface area contributed by atoms with Crippen molar-refractivity contribution in [1.82, 2.24) is 5.32 Å². The largest absolute Gasteiger partial charge is 0.491 e. The molecule has 0 radical (unpaired) electrons. The van der Waals surface area contributed by atoms with E-state index in [1.54, 1.807) is 0 Å². The summed E-state index contributed by atoms with van der Waals surface area (Å²) >= 11 is 0. The van der Waals surface area contributed by atoms with Crippen LogP contribution in [0.3, 0.4) is 0 Å². The summed E-state index contributed by atoms with van der Waals surface area (Å²) in [6.45, 7) is 9.85. The molecule has 1 heterocycles. The summed E-state index contributed by atoms with van der Waals surface area (Å²) in [5, 5.41) is 3.71. The molecule has 1 aliphatic rings. The van der Waals surface area contributed by atoms with Crippen LogP contribution in [0, 0.1) is 5.92 Å². The number of ether oxygens (including phenoxy) is 1. The van der Waals surface area contributed by atoms with Crippen LogP contribution in [-0.4, -0.2) is 12.6 Å². The Balaban J connectivity index is 2.22. The third-order valence-corrected chi connectivity index (χ3v) is 3.92. The Kier molecular flexibility index (Phi) is 3.96. The van der Waals surface area contributed by atoms with E-state index in [1.807, 2.05) is 0 Å². The van der Waals surface area contributed by atoms with Gasteiger partial charge >= 0.3 is 0 Å². The smallest absolute Gasteiger partial charge is 0.119 e. The maximum atomic E-state index is 5.70. The number of nitrogens with one attached hydrogen (secondary N) is 1. The fraction of sp³-hybridized carbons (Fsp3) is 0.625. The van der Waals surface area contributed by atoms with Crippen molar-refractivity contribution < 1.29 is 4.74 Å². The molecule has 1 unspecified atom stereocenters. The SMILES string of the molecule is CC(C)Oc1ccc(C2(C(C)C)CCCN2)cc1. The van der Waals surface area contributed by atoms with Gasteiger partial charge in [-0.05, 0) is 56.8 Å². The molecule has 1 aromatic rings. The van der Waals surface area contributed by atoms with E-state index in [9.17, 15) is 0 Å². The maximum Gasteiger partial charge on any atom is 0.119 e. The molecule has 1 atom stereocenters. The molecule has 1 fully saturated rings. The van der Waals surface area contributed by atoms with Gasteiger partial charge in [0.25, 0.3) is 0 Å². The van der Waals surface area contributed by atoms with Gasteiger partial charge < -0.3 is 10.1 Å².